The van der Waals surface area contributed by atoms with Crippen LogP contribution >= 0.6 is 11.6 Å². The van der Waals surface area contributed by atoms with E-state index >= 15 is 0 Å². The third kappa shape index (κ3) is 2.30. The highest BCUT2D eigenvalue weighted by atomic mass is 35.5. The molecule has 2 rings (SSSR count). The van der Waals surface area contributed by atoms with Gasteiger partial charge >= 0.3 is 0 Å². The summed E-state index contributed by atoms with van der Waals surface area (Å²) in [6, 6.07) is 5.59. The first kappa shape index (κ1) is 10.1. The van der Waals surface area contributed by atoms with Crippen molar-refractivity contribution in [1.29, 1.82) is 0 Å². The zero-order chi connectivity index (χ0) is 10.7. The molecule has 1 aromatic rings. The second kappa shape index (κ2) is 4.36. The summed E-state index contributed by atoms with van der Waals surface area (Å²) in [5.41, 5.74) is 1.72. The molecule has 1 N–H and O–H groups in total. The number of carbonyl (C=O) groups is 1. The number of anilines is 1. The van der Waals surface area contributed by atoms with Crippen LogP contribution in [-0.2, 0) is 4.79 Å². The van der Waals surface area contributed by atoms with Crippen LogP contribution in [0.1, 0.15) is 5.56 Å². The lowest BCUT2D eigenvalue weighted by atomic mass is 10.1. The van der Waals surface area contributed by atoms with Crippen molar-refractivity contribution in [3.05, 3.63) is 29.8 Å². The standard InChI is InChI=1S/C11H10ClNO2/c12-5-1-2-8-3-4-9-10(6-8)15-7-11(14)13-9/h1-4,6H,5,7H2,(H,13,14). The predicted molar refractivity (Wildman–Crippen MR) is 60.3 cm³/mol. The van der Waals surface area contributed by atoms with Gasteiger partial charge in [-0.05, 0) is 17.7 Å². The van der Waals surface area contributed by atoms with E-state index in [1.54, 1.807) is 0 Å². The Labute approximate surface area is 92.7 Å². The molecule has 0 bridgehead atoms. The number of carbonyl (C=O) groups excluding carboxylic acids is 1. The van der Waals surface area contributed by atoms with Crippen LogP contribution in [-0.4, -0.2) is 18.4 Å². The van der Waals surface area contributed by atoms with Crippen LogP contribution in [0.3, 0.4) is 0 Å². The Morgan fingerprint density at radius 2 is 2.40 bits per heavy atom. The van der Waals surface area contributed by atoms with Crippen molar-refractivity contribution < 1.29 is 9.53 Å². The molecule has 0 aliphatic carbocycles. The summed E-state index contributed by atoms with van der Waals surface area (Å²) in [6.07, 6.45) is 3.76. The van der Waals surface area contributed by atoms with Crippen molar-refractivity contribution in [2.24, 2.45) is 0 Å². The fraction of sp³-hybridized carbons (Fsp3) is 0.182. The van der Waals surface area contributed by atoms with Gasteiger partial charge in [0, 0.05) is 5.88 Å². The zero-order valence-electron chi connectivity index (χ0n) is 8.00. The van der Waals surface area contributed by atoms with Crippen LogP contribution in [0, 0.1) is 0 Å². The smallest absolute Gasteiger partial charge is 0.262 e. The highest BCUT2D eigenvalue weighted by molar-refractivity contribution is 6.19. The molecule has 3 nitrogen and oxygen atoms in total. The molecule has 1 amide bonds. The number of hydrogen-bond acceptors (Lipinski definition) is 2. The van der Waals surface area contributed by atoms with E-state index in [9.17, 15) is 4.79 Å². The Hall–Kier alpha value is -1.48. The Kier molecular flexibility index (Phi) is 2.92. The number of rotatable bonds is 2. The molecular weight excluding hydrogens is 214 g/mol. The molecule has 0 fully saturated rings. The van der Waals surface area contributed by atoms with Crippen molar-refractivity contribution in [3.63, 3.8) is 0 Å². The first-order valence-corrected chi connectivity index (χ1v) is 5.12. The number of nitrogens with one attached hydrogen (secondary N) is 1. The maximum Gasteiger partial charge on any atom is 0.262 e. The highest BCUT2D eigenvalue weighted by Gasteiger charge is 2.15. The van der Waals surface area contributed by atoms with Gasteiger partial charge in [0.25, 0.3) is 5.91 Å². The van der Waals surface area contributed by atoms with Crippen LogP contribution < -0.4 is 10.1 Å². The third-order valence-electron chi connectivity index (χ3n) is 2.04. The van der Waals surface area contributed by atoms with Gasteiger partial charge in [-0.2, -0.15) is 0 Å². The van der Waals surface area contributed by atoms with Crippen LogP contribution in [0.2, 0.25) is 0 Å². The van der Waals surface area contributed by atoms with E-state index < -0.39 is 0 Å². The molecule has 15 heavy (non-hydrogen) atoms. The minimum atomic E-state index is -0.119. The van der Waals surface area contributed by atoms with E-state index in [1.165, 1.54) is 0 Å². The summed E-state index contributed by atoms with van der Waals surface area (Å²) < 4.78 is 5.28. The number of ether oxygens (including phenoxy) is 1. The number of alkyl halides is 1. The van der Waals surface area contributed by atoms with Gasteiger partial charge in [-0.3, -0.25) is 4.79 Å². The largest absolute Gasteiger partial charge is 0.482 e. The lowest BCUT2D eigenvalue weighted by Gasteiger charge is -2.17. The van der Waals surface area contributed by atoms with Gasteiger partial charge < -0.3 is 10.1 Å². The molecule has 1 heterocycles. The molecule has 0 saturated carbocycles. The number of amides is 1. The van der Waals surface area contributed by atoms with Gasteiger partial charge in [-0.1, -0.05) is 18.2 Å². The molecule has 0 aromatic heterocycles. The minimum absolute atomic E-state index is 0.0790. The summed E-state index contributed by atoms with van der Waals surface area (Å²) >= 11 is 5.54. The Balaban J connectivity index is 2.26. The summed E-state index contributed by atoms with van der Waals surface area (Å²) in [5, 5.41) is 2.73. The van der Waals surface area contributed by atoms with Gasteiger partial charge in [0.15, 0.2) is 6.61 Å². The van der Waals surface area contributed by atoms with Crippen molar-refractivity contribution in [2.75, 3.05) is 17.8 Å². The van der Waals surface area contributed by atoms with Gasteiger partial charge in [0.05, 0.1) is 5.69 Å². The molecule has 1 aliphatic rings. The zero-order valence-corrected chi connectivity index (χ0v) is 8.75. The topological polar surface area (TPSA) is 38.3 Å². The molecule has 0 atom stereocenters. The summed E-state index contributed by atoms with van der Waals surface area (Å²) in [7, 11) is 0. The summed E-state index contributed by atoms with van der Waals surface area (Å²) in [5.74, 6) is 1.06. The highest BCUT2D eigenvalue weighted by Crippen LogP contribution is 2.28. The van der Waals surface area contributed by atoms with E-state index in [1.807, 2.05) is 30.4 Å². The molecule has 0 saturated heterocycles. The van der Waals surface area contributed by atoms with Gasteiger partial charge in [0.1, 0.15) is 5.75 Å². The molecule has 0 unspecified atom stereocenters. The summed E-state index contributed by atoms with van der Waals surface area (Å²) in [4.78, 5) is 11.0. The molecular formula is C11H10ClNO2. The van der Waals surface area contributed by atoms with Gasteiger partial charge in [-0.15, -0.1) is 11.6 Å². The lowest BCUT2D eigenvalue weighted by Crippen LogP contribution is -2.25. The molecule has 4 heteroatoms. The van der Waals surface area contributed by atoms with Gasteiger partial charge in [0.2, 0.25) is 0 Å². The Morgan fingerprint density at radius 3 is 3.20 bits per heavy atom. The van der Waals surface area contributed by atoms with Gasteiger partial charge in [-0.25, -0.2) is 0 Å². The number of benzene rings is 1. The first-order valence-electron chi connectivity index (χ1n) is 4.59. The van der Waals surface area contributed by atoms with E-state index in [2.05, 4.69) is 5.32 Å². The second-order valence-corrected chi connectivity index (χ2v) is 3.46. The van der Waals surface area contributed by atoms with E-state index in [4.69, 9.17) is 16.3 Å². The fourth-order valence-corrected chi connectivity index (χ4v) is 1.46. The van der Waals surface area contributed by atoms with Crippen molar-refractivity contribution >= 4 is 29.3 Å². The third-order valence-corrected chi connectivity index (χ3v) is 2.22. The normalized spacial score (nSPS) is 14.6. The molecule has 0 radical (unpaired) electrons. The SMILES string of the molecule is O=C1COc2cc(C=CCCl)ccc2N1. The molecule has 1 aromatic carbocycles. The van der Waals surface area contributed by atoms with Crippen molar-refractivity contribution in [2.45, 2.75) is 0 Å². The number of halogens is 1. The predicted octanol–water partition coefficient (Wildman–Crippen LogP) is 2.27. The van der Waals surface area contributed by atoms with Crippen LogP contribution in [0.15, 0.2) is 24.3 Å². The molecule has 0 spiro atoms. The first-order chi connectivity index (χ1) is 7.29. The fourth-order valence-electron chi connectivity index (χ4n) is 1.38. The van der Waals surface area contributed by atoms with E-state index in [0.29, 0.717) is 17.3 Å². The van der Waals surface area contributed by atoms with E-state index in [0.717, 1.165) is 5.56 Å². The van der Waals surface area contributed by atoms with Crippen LogP contribution in [0.25, 0.3) is 6.08 Å². The maximum atomic E-state index is 11.0. The van der Waals surface area contributed by atoms with Crippen LogP contribution in [0.5, 0.6) is 5.75 Å². The van der Waals surface area contributed by atoms with Crippen molar-refractivity contribution in [3.8, 4) is 5.75 Å². The van der Waals surface area contributed by atoms with E-state index in [-0.39, 0.29) is 12.5 Å². The lowest BCUT2D eigenvalue weighted by molar-refractivity contribution is -0.118. The molecule has 1 aliphatic heterocycles. The average Bonchev–Trinajstić information content (AvgIpc) is 2.26. The quantitative estimate of drug-likeness (QED) is 0.782. The van der Waals surface area contributed by atoms with Crippen LogP contribution in [0.4, 0.5) is 5.69 Å². The second-order valence-electron chi connectivity index (χ2n) is 3.15. The monoisotopic (exact) mass is 223 g/mol. The summed E-state index contributed by atoms with van der Waals surface area (Å²) in [6.45, 7) is 0.0790. The number of allylic oxidation sites excluding steroid dienone is 1. The Bertz CT molecular complexity index is 415. The minimum Gasteiger partial charge on any atom is -0.482 e. The molecule has 78 valence electrons. The van der Waals surface area contributed by atoms with Crippen molar-refractivity contribution in [1.82, 2.24) is 0 Å². The average molecular weight is 224 g/mol. The number of fused-ring (bicyclic) bond motifs is 1. The number of hydrogen-bond donors (Lipinski definition) is 1. The maximum absolute atomic E-state index is 11.0. The Morgan fingerprint density at radius 1 is 1.53 bits per heavy atom.